The average molecular weight is 336 g/mol. The number of aromatic nitrogens is 3. The van der Waals surface area contributed by atoms with E-state index in [-0.39, 0.29) is 5.75 Å². The number of fused-ring (bicyclic) bond motifs is 1. The molecule has 0 amide bonds. The first-order valence-corrected chi connectivity index (χ1v) is 9.61. The molecule has 1 aromatic carbocycles. The highest BCUT2D eigenvalue weighted by Gasteiger charge is 2.26. The van der Waals surface area contributed by atoms with E-state index in [4.69, 9.17) is 0 Å². The van der Waals surface area contributed by atoms with Crippen LogP contribution in [0.4, 0.5) is 5.69 Å². The fourth-order valence-corrected chi connectivity index (χ4v) is 4.08. The molecular weight excluding hydrogens is 320 g/mol. The number of hydrogen-bond acceptors (Lipinski definition) is 6. The van der Waals surface area contributed by atoms with Gasteiger partial charge >= 0.3 is 0 Å². The summed E-state index contributed by atoms with van der Waals surface area (Å²) in [5, 5.41) is 8.97. The van der Waals surface area contributed by atoms with Crippen molar-refractivity contribution in [2.75, 3.05) is 23.4 Å². The van der Waals surface area contributed by atoms with Crippen LogP contribution in [0.1, 0.15) is 11.3 Å². The molecule has 0 atom stereocenters. The number of sulfonamides is 1. The van der Waals surface area contributed by atoms with Crippen LogP contribution in [-0.2, 0) is 16.4 Å². The van der Waals surface area contributed by atoms with Gasteiger partial charge in [-0.3, -0.25) is 4.31 Å². The van der Waals surface area contributed by atoms with E-state index in [0.717, 1.165) is 28.2 Å². The van der Waals surface area contributed by atoms with Crippen LogP contribution < -0.4 is 4.31 Å². The van der Waals surface area contributed by atoms with Crippen molar-refractivity contribution in [3.63, 3.8) is 0 Å². The molecule has 2 heterocycles. The van der Waals surface area contributed by atoms with Gasteiger partial charge in [-0.1, -0.05) is 17.8 Å². The van der Waals surface area contributed by atoms with Gasteiger partial charge in [-0.25, -0.2) is 13.4 Å². The van der Waals surface area contributed by atoms with Crippen molar-refractivity contribution in [3.05, 3.63) is 29.5 Å². The lowest BCUT2D eigenvalue weighted by molar-refractivity contribution is 0.591. The van der Waals surface area contributed by atoms with E-state index < -0.39 is 10.0 Å². The van der Waals surface area contributed by atoms with Gasteiger partial charge in [0.15, 0.2) is 0 Å². The summed E-state index contributed by atoms with van der Waals surface area (Å²) in [6.45, 7) is 1.90. The fourth-order valence-electron chi connectivity index (χ4n) is 2.50. The molecule has 0 radical (unpaired) electrons. The first-order chi connectivity index (χ1) is 10.4. The topological polar surface area (TPSA) is 76.1 Å². The number of nitrogens with zero attached hydrogens (tertiary/aromatic N) is 4. The summed E-state index contributed by atoms with van der Waals surface area (Å²) in [7, 11) is -1.59. The molecule has 22 heavy (non-hydrogen) atoms. The predicted octanol–water partition coefficient (Wildman–Crippen LogP) is 1.89. The molecule has 0 unspecified atom stereocenters. The average Bonchev–Trinajstić information content (AvgIpc) is 2.51. The van der Waals surface area contributed by atoms with Gasteiger partial charge in [0.25, 0.3) is 0 Å². The fraction of sp³-hybridized carbons (Fsp3) is 0.357. The SMILES string of the molecule is CSc1nnc(-c2ccc3c(c2)CCS(=O)(=O)N3C)c(C)n1. The van der Waals surface area contributed by atoms with Crippen LogP contribution in [-0.4, -0.2) is 42.7 Å². The summed E-state index contributed by atoms with van der Waals surface area (Å²) < 4.78 is 25.2. The van der Waals surface area contributed by atoms with Gasteiger partial charge in [0.2, 0.25) is 15.2 Å². The lowest BCUT2D eigenvalue weighted by atomic mass is 10.0. The Balaban J connectivity index is 2.05. The number of benzene rings is 1. The zero-order valence-corrected chi connectivity index (χ0v) is 14.2. The molecule has 0 fully saturated rings. The number of thioether (sulfide) groups is 1. The van der Waals surface area contributed by atoms with Gasteiger partial charge in [-0.15, -0.1) is 10.2 Å². The van der Waals surface area contributed by atoms with Gasteiger partial charge in [0.05, 0.1) is 17.1 Å². The molecule has 2 aromatic rings. The third-order valence-electron chi connectivity index (χ3n) is 3.76. The van der Waals surface area contributed by atoms with E-state index in [0.29, 0.717) is 11.6 Å². The Labute approximate surface area is 134 Å². The van der Waals surface area contributed by atoms with Crippen molar-refractivity contribution < 1.29 is 8.42 Å². The largest absolute Gasteiger partial charge is 0.273 e. The highest BCUT2D eigenvalue weighted by atomic mass is 32.2. The van der Waals surface area contributed by atoms with Crippen molar-refractivity contribution in [2.24, 2.45) is 0 Å². The van der Waals surface area contributed by atoms with Crippen molar-refractivity contribution >= 4 is 27.5 Å². The maximum Gasteiger partial charge on any atom is 0.235 e. The lowest BCUT2D eigenvalue weighted by Gasteiger charge is -2.27. The van der Waals surface area contributed by atoms with Crippen LogP contribution in [0.15, 0.2) is 23.4 Å². The Morgan fingerprint density at radius 1 is 1.27 bits per heavy atom. The van der Waals surface area contributed by atoms with E-state index in [2.05, 4.69) is 15.2 Å². The van der Waals surface area contributed by atoms with Crippen LogP contribution in [0.2, 0.25) is 0 Å². The minimum atomic E-state index is -3.18. The van der Waals surface area contributed by atoms with Crippen LogP contribution in [0.25, 0.3) is 11.3 Å². The highest BCUT2D eigenvalue weighted by molar-refractivity contribution is 7.98. The molecule has 0 saturated heterocycles. The lowest BCUT2D eigenvalue weighted by Crippen LogP contribution is -2.34. The van der Waals surface area contributed by atoms with Crippen LogP contribution in [0.3, 0.4) is 0 Å². The van der Waals surface area contributed by atoms with Gasteiger partial charge in [0.1, 0.15) is 5.69 Å². The normalized spacial score (nSPS) is 16.4. The second kappa shape index (κ2) is 5.51. The Kier molecular flexibility index (Phi) is 3.82. The molecule has 0 aliphatic carbocycles. The molecule has 0 saturated carbocycles. The van der Waals surface area contributed by atoms with Gasteiger partial charge < -0.3 is 0 Å². The Hall–Kier alpha value is -1.67. The third-order valence-corrected chi connectivity index (χ3v) is 6.05. The molecule has 1 aliphatic heterocycles. The summed E-state index contributed by atoms with van der Waals surface area (Å²) in [4.78, 5) is 4.40. The van der Waals surface area contributed by atoms with E-state index in [1.807, 2.05) is 31.4 Å². The predicted molar refractivity (Wildman–Crippen MR) is 87.7 cm³/mol. The molecule has 3 rings (SSSR count). The van der Waals surface area contributed by atoms with E-state index in [9.17, 15) is 8.42 Å². The van der Waals surface area contributed by atoms with Gasteiger partial charge in [-0.2, -0.15) is 0 Å². The number of rotatable bonds is 2. The number of hydrogen-bond donors (Lipinski definition) is 0. The Morgan fingerprint density at radius 3 is 2.73 bits per heavy atom. The molecule has 1 aliphatic rings. The summed E-state index contributed by atoms with van der Waals surface area (Å²) in [6.07, 6.45) is 2.42. The molecule has 0 spiro atoms. The van der Waals surface area contributed by atoms with E-state index in [1.165, 1.54) is 16.1 Å². The molecule has 8 heteroatoms. The number of anilines is 1. The molecule has 1 aromatic heterocycles. The maximum absolute atomic E-state index is 11.9. The van der Waals surface area contributed by atoms with Gasteiger partial charge in [0, 0.05) is 12.6 Å². The van der Waals surface area contributed by atoms with Crippen molar-refractivity contribution in [1.82, 2.24) is 15.2 Å². The minimum Gasteiger partial charge on any atom is -0.273 e. The first-order valence-electron chi connectivity index (χ1n) is 6.77. The number of aryl methyl sites for hydroxylation is 2. The zero-order valence-electron chi connectivity index (χ0n) is 12.6. The summed E-state index contributed by atoms with van der Waals surface area (Å²) >= 11 is 1.45. The van der Waals surface area contributed by atoms with Crippen LogP contribution >= 0.6 is 11.8 Å². The molecule has 6 nitrogen and oxygen atoms in total. The summed E-state index contributed by atoms with van der Waals surface area (Å²) in [6, 6.07) is 5.68. The van der Waals surface area contributed by atoms with E-state index >= 15 is 0 Å². The Morgan fingerprint density at radius 2 is 2.05 bits per heavy atom. The van der Waals surface area contributed by atoms with Crippen molar-refractivity contribution in [1.29, 1.82) is 0 Å². The smallest absolute Gasteiger partial charge is 0.235 e. The highest BCUT2D eigenvalue weighted by Crippen LogP contribution is 2.32. The Bertz CT molecular complexity index is 837. The van der Waals surface area contributed by atoms with Crippen molar-refractivity contribution in [2.45, 2.75) is 18.5 Å². The molecule has 0 bridgehead atoms. The zero-order chi connectivity index (χ0) is 15.9. The summed E-state index contributed by atoms with van der Waals surface area (Å²) in [5.74, 6) is 0.133. The van der Waals surface area contributed by atoms with Crippen LogP contribution in [0, 0.1) is 6.92 Å². The monoisotopic (exact) mass is 336 g/mol. The minimum absolute atomic E-state index is 0.133. The second-order valence-corrected chi connectivity index (χ2v) is 8.00. The second-order valence-electron chi connectivity index (χ2n) is 5.11. The van der Waals surface area contributed by atoms with Crippen molar-refractivity contribution in [3.8, 4) is 11.3 Å². The first kappa shape index (κ1) is 15.2. The quantitative estimate of drug-likeness (QED) is 0.780. The van der Waals surface area contributed by atoms with Crippen LogP contribution in [0.5, 0.6) is 0 Å². The molecule has 116 valence electrons. The molecular formula is C14H16N4O2S2. The third kappa shape index (κ3) is 2.56. The standard InChI is InChI=1S/C14H16N4O2S2/c1-9-13(16-17-14(15-9)21-3)11-4-5-12-10(8-11)6-7-22(19,20)18(12)2/h4-5,8H,6-7H2,1-3H3. The maximum atomic E-state index is 11.9. The van der Waals surface area contributed by atoms with E-state index in [1.54, 1.807) is 7.05 Å². The molecule has 0 N–H and O–H groups in total. The van der Waals surface area contributed by atoms with Gasteiger partial charge in [-0.05, 0) is 37.3 Å². The summed E-state index contributed by atoms with van der Waals surface area (Å²) in [5.41, 5.74) is 4.20.